The smallest absolute Gasteiger partial charge is 0.352 e. The number of ether oxygens (including phenoxy) is 2. The molecule has 0 aromatic heterocycles. The number of carboxylic acids is 1. The molecule has 2 aliphatic heterocycles. The fourth-order valence-electron chi connectivity index (χ4n) is 2.91. The van der Waals surface area contributed by atoms with E-state index in [1.165, 1.54) is 18.7 Å². The summed E-state index contributed by atoms with van der Waals surface area (Å²) in [5, 5.41) is 8.89. The highest BCUT2D eigenvalue weighted by atomic mass is 32.2. The maximum Gasteiger partial charge on any atom is 0.352 e. The van der Waals surface area contributed by atoms with Crippen LogP contribution in [0.25, 0.3) is 0 Å². The third kappa shape index (κ3) is 3.82. The van der Waals surface area contributed by atoms with E-state index in [0.29, 0.717) is 11.3 Å². The zero-order valence-corrected chi connectivity index (χ0v) is 15.2. The minimum absolute atomic E-state index is 0.198. The molecule has 27 heavy (non-hydrogen) atoms. The van der Waals surface area contributed by atoms with Gasteiger partial charge in [-0.2, -0.15) is 0 Å². The standard InChI is InChI=1S/C18H17NO7S/c1-10(20)25-7-11-9-27-17-14(16(22)19(17)15(11)18(23)24)13(21)8-26-12-5-3-2-4-6-12/h2-6,14,17H,7-9H2,1H3,(H,23,24)/t14?,17-/m1/s1. The van der Waals surface area contributed by atoms with E-state index in [0.717, 1.165) is 4.90 Å². The van der Waals surface area contributed by atoms with Crippen molar-refractivity contribution < 1.29 is 33.8 Å². The van der Waals surface area contributed by atoms with Gasteiger partial charge >= 0.3 is 11.9 Å². The van der Waals surface area contributed by atoms with Crippen molar-refractivity contribution in [1.82, 2.24) is 4.90 Å². The molecular weight excluding hydrogens is 374 g/mol. The Morgan fingerprint density at radius 1 is 1.26 bits per heavy atom. The molecule has 0 bridgehead atoms. The number of carbonyl (C=O) groups is 4. The molecule has 142 valence electrons. The molecule has 1 fully saturated rings. The summed E-state index contributed by atoms with van der Waals surface area (Å²) in [5.41, 5.74) is 0.122. The number of hydrogen-bond donors (Lipinski definition) is 1. The number of carbonyl (C=O) groups excluding carboxylic acids is 3. The van der Waals surface area contributed by atoms with Gasteiger partial charge in [0.25, 0.3) is 0 Å². The summed E-state index contributed by atoms with van der Waals surface area (Å²) in [6.45, 7) is 0.754. The number of rotatable bonds is 7. The van der Waals surface area contributed by atoms with Gasteiger partial charge in [-0.05, 0) is 12.1 Å². The second-order valence-electron chi connectivity index (χ2n) is 5.99. The average Bonchev–Trinajstić information content (AvgIpc) is 2.64. The number of fused-ring (bicyclic) bond motifs is 1. The van der Waals surface area contributed by atoms with Crippen molar-refractivity contribution in [3.63, 3.8) is 0 Å². The molecule has 3 rings (SSSR count). The number of aliphatic carboxylic acids is 1. The molecule has 0 spiro atoms. The van der Waals surface area contributed by atoms with Crippen molar-refractivity contribution in [2.75, 3.05) is 19.0 Å². The van der Waals surface area contributed by atoms with Crippen molar-refractivity contribution in [1.29, 1.82) is 0 Å². The van der Waals surface area contributed by atoms with E-state index in [2.05, 4.69) is 0 Å². The third-order valence-corrected chi connectivity index (χ3v) is 5.51. The van der Waals surface area contributed by atoms with Crippen LogP contribution in [0.15, 0.2) is 41.6 Å². The zero-order valence-electron chi connectivity index (χ0n) is 14.4. The molecule has 9 heteroatoms. The Bertz CT molecular complexity index is 820. The van der Waals surface area contributed by atoms with E-state index < -0.39 is 34.9 Å². The summed E-state index contributed by atoms with van der Waals surface area (Å²) in [6, 6.07) is 8.74. The first-order valence-corrected chi connectivity index (χ1v) is 9.19. The molecule has 1 unspecified atom stereocenters. The van der Waals surface area contributed by atoms with Crippen LogP contribution < -0.4 is 4.74 Å². The molecule has 0 saturated carbocycles. The van der Waals surface area contributed by atoms with Crippen LogP contribution in [0.2, 0.25) is 0 Å². The maximum atomic E-state index is 12.5. The SMILES string of the molecule is CC(=O)OCC1=C(C(=O)O)N2C(=O)C(C(=O)COc3ccccc3)[C@H]2SC1. The van der Waals surface area contributed by atoms with Gasteiger partial charge in [0.15, 0.2) is 5.78 Å². The van der Waals surface area contributed by atoms with E-state index in [4.69, 9.17) is 9.47 Å². The Labute approximate surface area is 159 Å². The summed E-state index contributed by atoms with van der Waals surface area (Å²) in [5.74, 6) is -2.98. The van der Waals surface area contributed by atoms with Crippen LogP contribution in [0.4, 0.5) is 0 Å². The highest BCUT2D eigenvalue weighted by Gasteiger charge is 2.56. The van der Waals surface area contributed by atoms with Gasteiger partial charge in [-0.3, -0.25) is 19.3 Å². The normalized spacial score (nSPS) is 21.2. The number of nitrogens with zero attached hydrogens (tertiary/aromatic N) is 1. The lowest BCUT2D eigenvalue weighted by molar-refractivity contribution is -0.157. The van der Waals surface area contributed by atoms with Crippen molar-refractivity contribution in [3.8, 4) is 5.75 Å². The molecule has 8 nitrogen and oxygen atoms in total. The number of para-hydroxylation sites is 1. The number of thioether (sulfide) groups is 1. The Hall–Kier alpha value is -2.81. The molecule has 2 atom stereocenters. The Morgan fingerprint density at radius 2 is 1.96 bits per heavy atom. The molecule has 0 radical (unpaired) electrons. The van der Waals surface area contributed by atoms with Crippen molar-refractivity contribution in [2.45, 2.75) is 12.3 Å². The van der Waals surface area contributed by atoms with Gasteiger partial charge in [0.2, 0.25) is 5.91 Å². The van der Waals surface area contributed by atoms with Crippen LogP contribution in [0, 0.1) is 5.92 Å². The van der Waals surface area contributed by atoms with Crippen LogP contribution in [-0.2, 0) is 23.9 Å². The number of Topliss-reactive ketones (excluding diaryl/α,β-unsaturated/α-hetero) is 1. The largest absolute Gasteiger partial charge is 0.486 e. The molecule has 1 aromatic carbocycles. The molecule has 1 N–H and O–H groups in total. The quantitative estimate of drug-likeness (QED) is 0.417. The Balaban J connectivity index is 1.70. The van der Waals surface area contributed by atoms with Crippen LogP contribution in [0.3, 0.4) is 0 Å². The fourth-order valence-corrected chi connectivity index (χ4v) is 4.32. The van der Waals surface area contributed by atoms with Crippen molar-refractivity contribution in [3.05, 3.63) is 41.6 Å². The predicted molar refractivity (Wildman–Crippen MR) is 94.8 cm³/mol. The molecule has 2 heterocycles. The van der Waals surface area contributed by atoms with E-state index in [1.807, 2.05) is 6.07 Å². The number of benzene rings is 1. The summed E-state index contributed by atoms with van der Waals surface area (Å²) in [6.07, 6.45) is 0. The minimum atomic E-state index is -1.29. The van der Waals surface area contributed by atoms with Gasteiger partial charge in [-0.25, -0.2) is 4.79 Å². The van der Waals surface area contributed by atoms with Gasteiger partial charge in [0.1, 0.15) is 36.0 Å². The van der Waals surface area contributed by atoms with E-state index in [-0.39, 0.29) is 24.7 Å². The number of amides is 1. The molecule has 1 saturated heterocycles. The first kappa shape index (κ1) is 19.0. The Kier molecular flexibility index (Phi) is 5.50. The molecule has 0 aliphatic carbocycles. The molecule has 1 amide bonds. The maximum absolute atomic E-state index is 12.5. The number of esters is 1. The number of ketones is 1. The zero-order chi connectivity index (χ0) is 19.6. The lowest BCUT2D eigenvalue weighted by Gasteiger charge is -2.48. The van der Waals surface area contributed by atoms with Crippen LogP contribution in [0.1, 0.15) is 6.92 Å². The summed E-state index contributed by atoms with van der Waals surface area (Å²) in [7, 11) is 0. The van der Waals surface area contributed by atoms with E-state index in [9.17, 15) is 24.3 Å². The van der Waals surface area contributed by atoms with Crippen LogP contribution >= 0.6 is 11.8 Å². The second kappa shape index (κ2) is 7.83. The molecule has 1 aromatic rings. The Morgan fingerprint density at radius 3 is 2.59 bits per heavy atom. The first-order valence-electron chi connectivity index (χ1n) is 8.14. The topological polar surface area (TPSA) is 110 Å². The fraction of sp³-hybridized carbons (Fsp3) is 0.333. The second-order valence-corrected chi connectivity index (χ2v) is 7.10. The number of carboxylic acid groups (broad SMARTS) is 1. The van der Waals surface area contributed by atoms with Gasteiger partial charge in [-0.1, -0.05) is 18.2 Å². The van der Waals surface area contributed by atoms with Crippen molar-refractivity contribution >= 4 is 35.4 Å². The molecule has 2 aliphatic rings. The lowest BCUT2D eigenvalue weighted by Crippen LogP contribution is -2.64. The van der Waals surface area contributed by atoms with E-state index >= 15 is 0 Å². The highest BCUT2D eigenvalue weighted by Crippen LogP contribution is 2.44. The number of β-lactam (4-membered cyclic amide) rings is 1. The average molecular weight is 391 g/mol. The van der Waals surface area contributed by atoms with Gasteiger partial charge < -0.3 is 14.6 Å². The predicted octanol–water partition coefficient (Wildman–Crippen LogP) is 1.07. The van der Waals surface area contributed by atoms with Gasteiger partial charge in [-0.15, -0.1) is 11.8 Å². The lowest BCUT2D eigenvalue weighted by atomic mass is 9.91. The molecular formula is C18H17NO7S. The summed E-state index contributed by atoms with van der Waals surface area (Å²) in [4.78, 5) is 48.6. The summed E-state index contributed by atoms with van der Waals surface area (Å²) >= 11 is 1.27. The van der Waals surface area contributed by atoms with Crippen molar-refractivity contribution in [2.24, 2.45) is 5.92 Å². The number of hydrogen-bond acceptors (Lipinski definition) is 7. The highest BCUT2D eigenvalue weighted by molar-refractivity contribution is 8.00. The van der Waals surface area contributed by atoms with E-state index in [1.54, 1.807) is 24.3 Å². The van der Waals surface area contributed by atoms with Crippen LogP contribution in [-0.4, -0.2) is 58.0 Å². The van der Waals surface area contributed by atoms with Gasteiger partial charge in [0.05, 0.1) is 0 Å². The monoisotopic (exact) mass is 391 g/mol. The summed E-state index contributed by atoms with van der Waals surface area (Å²) < 4.78 is 10.3. The first-order chi connectivity index (χ1) is 12.9. The minimum Gasteiger partial charge on any atom is -0.486 e. The van der Waals surface area contributed by atoms with Gasteiger partial charge in [0, 0.05) is 18.2 Å². The third-order valence-electron chi connectivity index (χ3n) is 4.17. The van der Waals surface area contributed by atoms with Crippen LogP contribution in [0.5, 0.6) is 5.75 Å².